The third kappa shape index (κ3) is 5.74. The van der Waals surface area contributed by atoms with E-state index < -0.39 is 12.6 Å². The lowest BCUT2D eigenvalue weighted by atomic mass is 9.94. The van der Waals surface area contributed by atoms with Crippen molar-refractivity contribution >= 4 is 35.6 Å². The Bertz CT molecular complexity index is 653. The quantitative estimate of drug-likeness (QED) is 0.786. The van der Waals surface area contributed by atoms with Gasteiger partial charge in [-0.25, -0.2) is 0 Å². The number of alkyl halides is 3. The summed E-state index contributed by atoms with van der Waals surface area (Å²) in [6, 6.07) is 13.7. The zero-order valence-corrected chi connectivity index (χ0v) is 15.4. The molecule has 0 saturated carbocycles. The summed E-state index contributed by atoms with van der Waals surface area (Å²) in [5, 5.41) is 5.40. The molecule has 0 aromatic heterocycles. The highest BCUT2D eigenvalue weighted by Crippen LogP contribution is 2.35. The number of nitrogens with zero attached hydrogens (tertiary/aromatic N) is 1. The minimum Gasteiger partial charge on any atom is -0.314 e. The lowest BCUT2D eigenvalue weighted by molar-refractivity contribution is -0.138. The standard InChI is InChI=1S/C18H21F3N2.2ClH/c19-18(20,21)9-8-17(23-12-10-22-11-13-23)16-7-3-5-14-4-1-2-6-15(14)16;;/h1-7,17,22H,8-13H2;2*1H/t17-;;/m0../s1. The van der Waals surface area contributed by atoms with Crippen LogP contribution in [0, 0.1) is 0 Å². The van der Waals surface area contributed by atoms with Crippen molar-refractivity contribution in [3.63, 3.8) is 0 Å². The summed E-state index contributed by atoms with van der Waals surface area (Å²) in [7, 11) is 0. The first kappa shape index (κ1) is 22.0. The molecule has 1 atom stereocenters. The van der Waals surface area contributed by atoms with E-state index in [1.165, 1.54) is 0 Å². The molecule has 140 valence electrons. The Hall–Kier alpha value is -1.01. The van der Waals surface area contributed by atoms with Gasteiger partial charge in [0.15, 0.2) is 0 Å². The van der Waals surface area contributed by atoms with E-state index in [0.717, 1.165) is 42.5 Å². The van der Waals surface area contributed by atoms with Crippen molar-refractivity contribution in [1.29, 1.82) is 0 Å². The fraction of sp³-hybridized carbons (Fsp3) is 0.444. The predicted molar refractivity (Wildman–Crippen MR) is 101 cm³/mol. The molecular formula is C18H23Cl2F3N2. The van der Waals surface area contributed by atoms with Crippen LogP contribution in [-0.4, -0.2) is 37.3 Å². The lowest BCUT2D eigenvalue weighted by Crippen LogP contribution is -2.45. The maximum Gasteiger partial charge on any atom is 0.389 e. The van der Waals surface area contributed by atoms with Crippen LogP contribution in [0.1, 0.15) is 24.4 Å². The molecule has 3 rings (SSSR count). The summed E-state index contributed by atoms with van der Waals surface area (Å²) in [6.45, 7) is 3.22. The van der Waals surface area contributed by atoms with E-state index in [4.69, 9.17) is 0 Å². The van der Waals surface area contributed by atoms with Gasteiger partial charge in [-0.3, -0.25) is 4.90 Å². The smallest absolute Gasteiger partial charge is 0.314 e. The van der Waals surface area contributed by atoms with Crippen LogP contribution in [0.15, 0.2) is 42.5 Å². The van der Waals surface area contributed by atoms with Crippen LogP contribution in [0.3, 0.4) is 0 Å². The van der Waals surface area contributed by atoms with Crippen LogP contribution >= 0.6 is 24.8 Å². The number of hydrogen-bond donors (Lipinski definition) is 1. The van der Waals surface area contributed by atoms with Gasteiger partial charge < -0.3 is 5.32 Å². The number of benzene rings is 2. The van der Waals surface area contributed by atoms with E-state index in [0.29, 0.717) is 0 Å². The molecule has 2 nitrogen and oxygen atoms in total. The second-order valence-corrected chi connectivity index (χ2v) is 6.02. The molecule has 25 heavy (non-hydrogen) atoms. The van der Waals surface area contributed by atoms with Crippen LogP contribution in [-0.2, 0) is 0 Å². The first-order chi connectivity index (χ1) is 11.0. The molecule has 2 aromatic rings. The molecule has 0 amide bonds. The second kappa shape index (κ2) is 9.62. The Kier molecular flexibility index (Phi) is 8.48. The fourth-order valence-electron chi connectivity index (χ4n) is 3.37. The van der Waals surface area contributed by atoms with E-state index in [1.54, 1.807) is 0 Å². The zero-order valence-electron chi connectivity index (χ0n) is 13.8. The second-order valence-electron chi connectivity index (χ2n) is 6.02. The molecule has 0 spiro atoms. The van der Waals surface area contributed by atoms with Crippen LogP contribution in [0.5, 0.6) is 0 Å². The number of rotatable bonds is 4. The number of piperazine rings is 1. The molecule has 0 bridgehead atoms. The number of nitrogens with one attached hydrogen (secondary N) is 1. The molecule has 0 unspecified atom stereocenters. The topological polar surface area (TPSA) is 15.3 Å². The normalized spacial score (nSPS) is 16.8. The van der Waals surface area contributed by atoms with Gasteiger partial charge in [0.2, 0.25) is 0 Å². The van der Waals surface area contributed by atoms with Crippen molar-refractivity contribution in [3.8, 4) is 0 Å². The summed E-state index contributed by atoms with van der Waals surface area (Å²) < 4.78 is 38.3. The molecule has 7 heteroatoms. The molecule has 1 heterocycles. The summed E-state index contributed by atoms with van der Waals surface area (Å²) in [6.07, 6.45) is -4.75. The van der Waals surface area contributed by atoms with E-state index in [2.05, 4.69) is 10.2 Å². The van der Waals surface area contributed by atoms with Gasteiger partial charge in [-0.1, -0.05) is 42.5 Å². The monoisotopic (exact) mass is 394 g/mol. The van der Waals surface area contributed by atoms with Gasteiger partial charge >= 0.3 is 6.18 Å². The molecule has 2 aromatic carbocycles. The third-order valence-corrected chi connectivity index (χ3v) is 4.48. The van der Waals surface area contributed by atoms with Gasteiger partial charge in [0.25, 0.3) is 0 Å². The summed E-state index contributed by atoms with van der Waals surface area (Å²) in [5.41, 5.74) is 1.01. The summed E-state index contributed by atoms with van der Waals surface area (Å²) in [5.74, 6) is 0. The van der Waals surface area contributed by atoms with Crippen molar-refractivity contribution in [1.82, 2.24) is 10.2 Å². The molecule has 0 aliphatic carbocycles. The summed E-state index contributed by atoms with van der Waals surface area (Å²) in [4.78, 5) is 2.18. The molecule has 1 aliphatic rings. The largest absolute Gasteiger partial charge is 0.389 e. The van der Waals surface area contributed by atoms with Crippen molar-refractivity contribution in [2.24, 2.45) is 0 Å². The van der Waals surface area contributed by atoms with Gasteiger partial charge in [-0.15, -0.1) is 24.8 Å². The predicted octanol–water partition coefficient (Wildman–Crippen LogP) is 4.97. The van der Waals surface area contributed by atoms with Crippen LogP contribution in [0.2, 0.25) is 0 Å². The van der Waals surface area contributed by atoms with Crippen LogP contribution in [0.25, 0.3) is 10.8 Å². The highest BCUT2D eigenvalue weighted by molar-refractivity contribution is 5.86. The van der Waals surface area contributed by atoms with Gasteiger partial charge in [0, 0.05) is 38.6 Å². The Balaban J connectivity index is 0.00000156. The minimum atomic E-state index is -4.11. The van der Waals surface area contributed by atoms with E-state index in [-0.39, 0.29) is 37.3 Å². The molecule has 1 saturated heterocycles. The fourth-order valence-corrected chi connectivity index (χ4v) is 3.37. The zero-order chi connectivity index (χ0) is 16.3. The Morgan fingerprint density at radius 3 is 2.28 bits per heavy atom. The number of halogens is 5. The Labute approximate surface area is 158 Å². The maximum atomic E-state index is 12.8. The minimum absolute atomic E-state index is 0. The average molecular weight is 395 g/mol. The van der Waals surface area contributed by atoms with E-state index in [9.17, 15) is 13.2 Å². The van der Waals surface area contributed by atoms with Crippen LogP contribution < -0.4 is 5.32 Å². The third-order valence-electron chi connectivity index (χ3n) is 4.48. The average Bonchev–Trinajstić information content (AvgIpc) is 2.55. The molecule has 1 aliphatic heterocycles. The van der Waals surface area contributed by atoms with E-state index >= 15 is 0 Å². The molecule has 1 N–H and O–H groups in total. The lowest BCUT2D eigenvalue weighted by Gasteiger charge is -2.36. The maximum absolute atomic E-state index is 12.8. The number of fused-ring (bicyclic) bond motifs is 1. The van der Waals surface area contributed by atoms with Gasteiger partial charge in [0.1, 0.15) is 0 Å². The van der Waals surface area contributed by atoms with Gasteiger partial charge in [0.05, 0.1) is 0 Å². The Morgan fingerprint density at radius 2 is 1.60 bits per heavy atom. The van der Waals surface area contributed by atoms with Gasteiger partial charge in [-0.05, 0) is 22.8 Å². The molecule has 1 fully saturated rings. The Morgan fingerprint density at radius 1 is 0.960 bits per heavy atom. The van der Waals surface area contributed by atoms with E-state index in [1.807, 2.05) is 42.5 Å². The molecular weight excluding hydrogens is 372 g/mol. The van der Waals surface area contributed by atoms with Gasteiger partial charge in [-0.2, -0.15) is 13.2 Å². The van der Waals surface area contributed by atoms with Crippen molar-refractivity contribution < 1.29 is 13.2 Å². The highest BCUT2D eigenvalue weighted by atomic mass is 35.5. The van der Waals surface area contributed by atoms with Crippen LogP contribution in [0.4, 0.5) is 13.2 Å². The summed E-state index contributed by atoms with van der Waals surface area (Å²) >= 11 is 0. The number of hydrogen-bond acceptors (Lipinski definition) is 2. The van der Waals surface area contributed by atoms with Crippen molar-refractivity contribution in [2.75, 3.05) is 26.2 Å². The molecule has 0 radical (unpaired) electrons. The van der Waals surface area contributed by atoms with Crippen molar-refractivity contribution in [3.05, 3.63) is 48.0 Å². The first-order valence-corrected chi connectivity index (χ1v) is 8.04. The SMILES string of the molecule is Cl.Cl.FC(F)(F)CC[C@@H](c1cccc2ccccc12)N1CCNCC1. The highest BCUT2D eigenvalue weighted by Gasteiger charge is 2.31. The van der Waals surface area contributed by atoms with Crippen molar-refractivity contribution in [2.45, 2.75) is 25.1 Å². The first-order valence-electron chi connectivity index (χ1n) is 8.04.